The van der Waals surface area contributed by atoms with Crippen molar-refractivity contribution in [3.05, 3.63) is 53.5 Å². The van der Waals surface area contributed by atoms with E-state index in [1.54, 1.807) is 6.08 Å². The van der Waals surface area contributed by atoms with E-state index >= 15 is 0 Å². The highest BCUT2D eigenvalue weighted by Crippen LogP contribution is 2.25. The van der Waals surface area contributed by atoms with Crippen molar-refractivity contribution in [2.75, 3.05) is 6.54 Å². The first-order valence-electron chi connectivity index (χ1n) is 5.21. The molecule has 0 atom stereocenters. The molecular formula is C13H12N2OS. The van der Waals surface area contributed by atoms with Crippen molar-refractivity contribution in [3.8, 4) is 0 Å². The first-order valence-corrected chi connectivity index (χ1v) is 6.02. The minimum Gasteiger partial charge on any atom is -0.301 e. The molecule has 0 radical (unpaired) electrons. The van der Waals surface area contributed by atoms with Crippen molar-refractivity contribution < 1.29 is 4.79 Å². The number of nitrogens with one attached hydrogen (secondary N) is 1. The monoisotopic (exact) mass is 244 g/mol. The van der Waals surface area contributed by atoms with Gasteiger partial charge in [-0.15, -0.1) is 6.58 Å². The fourth-order valence-electron chi connectivity index (χ4n) is 1.35. The summed E-state index contributed by atoms with van der Waals surface area (Å²) >= 11 is 1.36. The number of carbonyl (C=O) groups excluding carboxylic acids is 1. The van der Waals surface area contributed by atoms with Crippen molar-refractivity contribution in [2.45, 2.75) is 0 Å². The van der Waals surface area contributed by atoms with Crippen LogP contribution in [0.25, 0.3) is 6.08 Å². The molecule has 2 rings (SSSR count). The van der Waals surface area contributed by atoms with E-state index in [0.717, 1.165) is 5.56 Å². The molecule has 0 aromatic heterocycles. The van der Waals surface area contributed by atoms with Gasteiger partial charge in [-0.2, -0.15) is 0 Å². The zero-order chi connectivity index (χ0) is 12.1. The van der Waals surface area contributed by atoms with Gasteiger partial charge in [0, 0.05) is 0 Å². The molecule has 1 aromatic carbocycles. The molecule has 1 fully saturated rings. The molecule has 1 aromatic rings. The third kappa shape index (κ3) is 3.07. The standard InChI is InChI=1S/C13H12N2OS/c1-2-8-14-13-15-12(16)11(17-13)9-10-6-4-3-5-7-10/h2-7,9H,1,8H2,(H,14,15,16). The molecule has 0 saturated carbocycles. The molecule has 1 saturated heterocycles. The molecule has 1 heterocycles. The number of amidine groups is 1. The normalized spacial score (nSPS) is 19.6. The maximum atomic E-state index is 11.6. The van der Waals surface area contributed by atoms with Crippen molar-refractivity contribution in [1.82, 2.24) is 5.32 Å². The summed E-state index contributed by atoms with van der Waals surface area (Å²) in [4.78, 5) is 16.5. The number of carbonyl (C=O) groups is 1. The number of amides is 1. The van der Waals surface area contributed by atoms with Crippen LogP contribution < -0.4 is 5.32 Å². The van der Waals surface area contributed by atoms with Gasteiger partial charge in [0.2, 0.25) is 0 Å². The predicted octanol–water partition coefficient (Wildman–Crippen LogP) is 2.43. The average molecular weight is 244 g/mol. The highest BCUT2D eigenvalue weighted by molar-refractivity contribution is 8.18. The minimum atomic E-state index is -0.0957. The summed E-state index contributed by atoms with van der Waals surface area (Å²) in [5, 5.41) is 3.35. The zero-order valence-corrected chi connectivity index (χ0v) is 10.0. The first-order chi connectivity index (χ1) is 8.29. The molecule has 0 unspecified atom stereocenters. The van der Waals surface area contributed by atoms with Crippen molar-refractivity contribution in [3.63, 3.8) is 0 Å². The van der Waals surface area contributed by atoms with Crippen LogP contribution in [0.2, 0.25) is 0 Å². The van der Waals surface area contributed by atoms with Crippen LogP contribution in [0.4, 0.5) is 0 Å². The first kappa shape index (κ1) is 11.7. The number of aliphatic imine (C=N–C) groups is 1. The van der Waals surface area contributed by atoms with E-state index in [1.165, 1.54) is 11.8 Å². The molecule has 1 aliphatic heterocycles. The van der Waals surface area contributed by atoms with Gasteiger partial charge in [-0.1, -0.05) is 36.4 Å². The van der Waals surface area contributed by atoms with Crippen LogP contribution in [0.5, 0.6) is 0 Å². The second kappa shape index (κ2) is 5.50. The molecule has 1 amide bonds. The summed E-state index contributed by atoms with van der Waals surface area (Å²) in [6, 6.07) is 9.74. The summed E-state index contributed by atoms with van der Waals surface area (Å²) in [6.45, 7) is 4.10. The smallest absolute Gasteiger partial charge is 0.264 e. The summed E-state index contributed by atoms with van der Waals surface area (Å²) in [7, 11) is 0. The molecule has 17 heavy (non-hydrogen) atoms. The number of hydrogen-bond acceptors (Lipinski definition) is 3. The zero-order valence-electron chi connectivity index (χ0n) is 9.22. The van der Waals surface area contributed by atoms with E-state index in [1.807, 2.05) is 36.4 Å². The van der Waals surface area contributed by atoms with Gasteiger partial charge >= 0.3 is 0 Å². The van der Waals surface area contributed by atoms with Crippen molar-refractivity contribution in [2.24, 2.45) is 4.99 Å². The van der Waals surface area contributed by atoms with Gasteiger partial charge in [-0.05, 0) is 23.4 Å². The molecule has 86 valence electrons. The maximum absolute atomic E-state index is 11.6. The van der Waals surface area contributed by atoms with Crippen LogP contribution in [0.1, 0.15) is 5.56 Å². The van der Waals surface area contributed by atoms with E-state index < -0.39 is 0 Å². The molecule has 0 bridgehead atoms. The van der Waals surface area contributed by atoms with Gasteiger partial charge in [0.05, 0.1) is 11.4 Å². The van der Waals surface area contributed by atoms with E-state index in [2.05, 4.69) is 16.9 Å². The topological polar surface area (TPSA) is 41.5 Å². The Bertz CT molecular complexity index is 491. The Morgan fingerprint density at radius 2 is 2.12 bits per heavy atom. The fraction of sp³-hybridized carbons (Fsp3) is 0.0769. The van der Waals surface area contributed by atoms with Crippen LogP contribution in [-0.4, -0.2) is 17.6 Å². The van der Waals surface area contributed by atoms with E-state index in [-0.39, 0.29) is 5.91 Å². The Hall–Kier alpha value is -1.81. The van der Waals surface area contributed by atoms with Crippen LogP contribution in [0, 0.1) is 0 Å². The summed E-state index contributed by atoms with van der Waals surface area (Å²) in [5.41, 5.74) is 1.01. The molecule has 4 heteroatoms. The molecule has 0 spiro atoms. The Balaban J connectivity index is 2.16. The SMILES string of the molecule is C=CCN=C1NC(=O)C(=Cc2ccccc2)S1. The average Bonchev–Trinajstić information content (AvgIpc) is 2.69. The lowest BCUT2D eigenvalue weighted by Gasteiger charge is -1.93. The van der Waals surface area contributed by atoms with Crippen LogP contribution >= 0.6 is 11.8 Å². The molecule has 1 N–H and O–H groups in total. The lowest BCUT2D eigenvalue weighted by molar-refractivity contribution is -0.115. The number of nitrogens with zero attached hydrogens (tertiary/aromatic N) is 1. The Morgan fingerprint density at radius 3 is 2.82 bits per heavy atom. The van der Waals surface area contributed by atoms with Gasteiger partial charge < -0.3 is 5.32 Å². The summed E-state index contributed by atoms with van der Waals surface area (Å²) < 4.78 is 0. The predicted molar refractivity (Wildman–Crippen MR) is 72.7 cm³/mol. The largest absolute Gasteiger partial charge is 0.301 e. The summed E-state index contributed by atoms with van der Waals surface area (Å²) in [6.07, 6.45) is 3.55. The number of rotatable bonds is 3. The number of benzene rings is 1. The molecule has 1 aliphatic rings. The van der Waals surface area contributed by atoms with E-state index in [9.17, 15) is 4.79 Å². The van der Waals surface area contributed by atoms with Crippen molar-refractivity contribution in [1.29, 1.82) is 0 Å². The second-order valence-corrected chi connectivity index (χ2v) is 4.44. The van der Waals surface area contributed by atoms with Crippen LogP contribution in [-0.2, 0) is 4.79 Å². The lowest BCUT2D eigenvalue weighted by atomic mass is 10.2. The van der Waals surface area contributed by atoms with E-state index in [4.69, 9.17) is 0 Å². The second-order valence-electron chi connectivity index (χ2n) is 3.41. The quantitative estimate of drug-likeness (QED) is 0.655. The Labute approximate surface area is 104 Å². The third-order valence-corrected chi connectivity index (χ3v) is 3.06. The Kier molecular flexibility index (Phi) is 3.77. The van der Waals surface area contributed by atoms with Gasteiger partial charge in [0.25, 0.3) is 5.91 Å². The van der Waals surface area contributed by atoms with Crippen LogP contribution in [0.3, 0.4) is 0 Å². The maximum Gasteiger partial charge on any atom is 0.264 e. The number of hydrogen-bond donors (Lipinski definition) is 1. The fourth-order valence-corrected chi connectivity index (χ4v) is 2.18. The van der Waals surface area contributed by atoms with Gasteiger partial charge in [0.1, 0.15) is 0 Å². The molecular weight excluding hydrogens is 232 g/mol. The van der Waals surface area contributed by atoms with Crippen molar-refractivity contribution >= 4 is 28.9 Å². The van der Waals surface area contributed by atoms with Gasteiger partial charge in [0.15, 0.2) is 5.17 Å². The highest BCUT2D eigenvalue weighted by atomic mass is 32.2. The van der Waals surface area contributed by atoms with Gasteiger partial charge in [-0.25, -0.2) is 0 Å². The van der Waals surface area contributed by atoms with Crippen LogP contribution in [0.15, 0.2) is 52.9 Å². The number of thioether (sulfide) groups is 1. The van der Waals surface area contributed by atoms with E-state index in [0.29, 0.717) is 16.6 Å². The highest BCUT2D eigenvalue weighted by Gasteiger charge is 2.23. The lowest BCUT2D eigenvalue weighted by Crippen LogP contribution is -2.19. The minimum absolute atomic E-state index is 0.0957. The third-order valence-electron chi connectivity index (χ3n) is 2.11. The molecule has 0 aliphatic carbocycles. The summed E-state index contributed by atoms with van der Waals surface area (Å²) in [5.74, 6) is -0.0957. The van der Waals surface area contributed by atoms with Gasteiger partial charge in [-0.3, -0.25) is 9.79 Å². The Morgan fingerprint density at radius 1 is 1.35 bits per heavy atom. The molecule has 3 nitrogen and oxygen atoms in total.